The van der Waals surface area contributed by atoms with Crippen molar-refractivity contribution in [2.24, 2.45) is 39.9 Å². The van der Waals surface area contributed by atoms with E-state index in [4.69, 9.17) is 14.7 Å². The number of aliphatic hydroxyl groups excluding tert-OH is 1. The fourth-order valence-corrected chi connectivity index (χ4v) is 9.04. The maximum Gasteiger partial charge on any atom is 0.147 e. The molecule has 34 heavy (non-hydrogen) atoms. The molecule has 0 amide bonds. The predicted molar refractivity (Wildman–Crippen MR) is 132 cm³/mol. The SMILES string of the molecule is CC(C)[C@H](C)/C=C/[C@@H](C)[C@H]1CC[C@@]2(C)C3=C[C@@H](OO)[C@@]45C[C@@H](O)CC[C@]4(C)[C@]3(CC[C@]12C)OO5. The molecule has 10 atom stereocenters. The molecular formula is C29H46O5. The van der Waals surface area contributed by atoms with Crippen molar-refractivity contribution in [3.8, 4) is 0 Å². The van der Waals surface area contributed by atoms with Gasteiger partial charge >= 0.3 is 0 Å². The molecule has 5 rings (SSSR count). The lowest BCUT2D eigenvalue weighted by atomic mass is 9.40. The largest absolute Gasteiger partial charge is 0.393 e. The Balaban J connectivity index is 1.54. The second-order valence-electron chi connectivity index (χ2n) is 13.5. The van der Waals surface area contributed by atoms with E-state index in [1.54, 1.807) is 0 Å². The highest BCUT2D eigenvalue weighted by Crippen LogP contribution is 2.77. The maximum atomic E-state index is 10.5. The van der Waals surface area contributed by atoms with Crippen LogP contribution < -0.4 is 0 Å². The Labute approximate surface area is 205 Å². The highest BCUT2D eigenvalue weighted by atomic mass is 17.2. The van der Waals surface area contributed by atoms with E-state index in [1.165, 1.54) is 12.0 Å². The molecule has 1 aliphatic heterocycles. The van der Waals surface area contributed by atoms with E-state index in [9.17, 15) is 10.4 Å². The standard InChI is InChI=1S/C29H46O5/c1-18(2)19(3)8-9-20(4)22-11-12-26(6)23-16-24(32-31)29-17-21(30)10-13-27(29,7)28(23,33-34-29)15-14-25(22,26)5/h8-9,16,18-22,24,30-31H,10-15,17H2,1-7H3/b9-8+/t19-,20-,21+,22-,24-,25-,26+,27-,28-,29+/m1/s1. The van der Waals surface area contributed by atoms with Gasteiger partial charge in [0.2, 0.25) is 0 Å². The smallest absolute Gasteiger partial charge is 0.147 e. The molecule has 2 bridgehead atoms. The Morgan fingerprint density at radius 3 is 2.41 bits per heavy atom. The summed E-state index contributed by atoms with van der Waals surface area (Å²) >= 11 is 0. The van der Waals surface area contributed by atoms with E-state index in [1.807, 2.05) is 0 Å². The number of allylic oxidation sites excluding steroid dienone is 2. The monoisotopic (exact) mass is 474 g/mol. The van der Waals surface area contributed by atoms with Crippen molar-refractivity contribution >= 4 is 0 Å². The lowest BCUT2D eigenvalue weighted by Crippen LogP contribution is -2.69. The van der Waals surface area contributed by atoms with Crippen LogP contribution in [0.3, 0.4) is 0 Å². The molecule has 1 spiro atoms. The molecule has 4 fully saturated rings. The molecule has 0 radical (unpaired) electrons. The second kappa shape index (κ2) is 7.89. The van der Waals surface area contributed by atoms with Crippen molar-refractivity contribution in [3.05, 3.63) is 23.8 Å². The molecule has 5 heteroatoms. The predicted octanol–water partition coefficient (Wildman–Crippen LogP) is 6.48. The number of rotatable bonds is 5. The lowest BCUT2D eigenvalue weighted by Gasteiger charge is -2.63. The molecule has 0 unspecified atom stereocenters. The van der Waals surface area contributed by atoms with Crippen LogP contribution in [-0.2, 0) is 14.7 Å². The fourth-order valence-electron chi connectivity index (χ4n) is 9.04. The molecule has 4 aliphatic carbocycles. The van der Waals surface area contributed by atoms with Crippen molar-refractivity contribution in [2.45, 2.75) is 117 Å². The summed E-state index contributed by atoms with van der Waals surface area (Å²) in [6.07, 6.45) is 12.2. The van der Waals surface area contributed by atoms with Crippen LogP contribution in [0.5, 0.6) is 0 Å². The molecule has 1 heterocycles. The summed E-state index contributed by atoms with van der Waals surface area (Å²) in [5, 5.41) is 20.6. The van der Waals surface area contributed by atoms with Gasteiger partial charge in [-0.25, -0.2) is 14.7 Å². The van der Waals surface area contributed by atoms with Gasteiger partial charge in [-0.2, -0.15) is 0 Å². The Bertz CT molecular complexity index is 882. The third-order valence-corrected chi connectivity index (χ3v) is 12.0. The summed E-state index contributed by atoms with van der Waals surface area (Å²) < 4.78 is 0. The van der Waals surface area contributed by atoms with Crippen LogP contribution in [0.4, 0.5) is 0 Å². The third-order valence-electron chi connectivity index (χ3n) is 12.0. The van der Waals surface area contributed by atoms with Gasteiger partial charge in [0.15, 0.2) is 0 Å². The van der Waals surface area contributed by atoms with Crippen LogP contribution >= 0.6 is 0 Å². The van der Waals surface area contributed by atoms with Gasteiger partial charge in [0, 0.05) is 11.8 Å². The average Bonchev–Trinajstić information content (AvgIpc) is 3.14. The van der Waals surface area contributed by atoms with E-state index in [0.717, 1.165) is 32.1 Å². The van der Waals surface area contributed by atoms with Crippen molar-refractivity contribution in [3.63, 3.8) is 0 Å². The molecule has 5 aliphatic rings. The topological polar surface area (TPSA) is 68.2 Å². The van der Waals surface area contributed by atoms with Gasteiger partial charge < -0.3 is 5.11 Å². The van der Waals surface area contributed by atoms with Gasteiger partial charge in [-0.05, 0) is 84.7 Å². The van der Waals surface area contributed by atoms with Gasteiger partial charge in [-0.15, -0.1) is 0 Å². The van der Waals surface area contributed by atoms with Gasteiger partial charge in [-0.3, -0.25) is 5.26 Å². The van der Waals surface area contributed by atoms with Crippen molar-refractivity contribution in [1.82, 2.24) is 0 Å². The first-order chi connectivity index (χ1) is 15.9. The Morgan fingerprint density at radius 2 is 1.74 bits per heavy atom. The molecule has 192 valence electrons. The second-order valence-corrected chi connectivity index (χ2v) is 13.5. The van der Waals surface area contributed by atoms with Crippen LogP contribution in [0, 0.1) is 39.9 Å². The minimum absolute atomic E-state index is 0.0581. The number of aliphatic hydroxyl groups is 1. The van der Waals surface area contributed by atoms with E-state index in [0.29, 0.717) is 30.1 Å². The van der Waals surface area contributed by atoms with Crippen LogP contribution in [0.15, 0.2) is 23.8 Å². The highest BCUT2D eigenvalue weighted by Gasteiger charge is 2.80. The van der Waals surface area contributed by atoms with Crippen LogP contribution in [0.1, 0.15) is 93.4 Å². The normalized spacial score (nSPS) is 51.7. The summed E-state index contributed by atoms with van der Waals surface area (Å²) in [6, 6.07) is 0. The van der Waals surface area contributed by atoms with Gasteiger partial charge in [0.1, 0.15) is 17.3 Å². The molecule has 1 saturated heterocycles. The van der Waals surface area contributed by atoms with Crippen molar-refractivity contribution in [2.75, 3.05) is 0 Å². The van der Waals surface area contributed by atoms with Gasteiger partial charge in [-0.1, -0.05) is 60.6 Å². The minimum Gasteiger partial charge on any atom is -0.393 e. The van der Waals surface area contributed by atoms with Gasteiger partial charge in [0.25, 0.3) is 0 Å². The molecule has 0 aromatic heterocycles. The van der Waals surface area contributed by atoms with Crippen LogP contribution in [-0.4, -0.2) is 33.8 Å². The van der Waals surface area contributed by atoms with Gasteiger partial charge in [0.05, 0.1) is 6.10 Å². The number of fused-ring (bicyclic) bond motifs is 2. The number of hydrogen-bond acceptors (Lipinski definition) is 5. The minimum atomic E-state index is -0.853. The summed E-state index contributed by atoms with van der Waals surface area (Å²) in [7, 11) is 0. The van der Waals surface area contributed by atoms with E-state index in [2.05, 4.69) is 66.7 Å². The first kappa shape index (κ1) is 25.0. The summed E-state index contributed by atoms with van der Waals surface area (Å²) in [6.45, 7) is 16.5. The molecule has 0 aromatic carbocycles. The Kier molecular flexibility index (Phi) is 5.79. The summed E-state index contributed by atoms with van der Waals surface area (Å²) in [5.41, 5.74) is -0.376. The molecule has 2 N–H and O–H groups in total. The molecular weight excluding hydrogens is 428 g/mol. The Hall–Kier alpha value is -0.720. The molecule has 5 nitrogen and oxygen atoms in total. The molecule has 0 aromatic rings. The summed E-state index contributed by atoms with van der Waals surface area (Å²) in [4.78, 5) is 17.7. The lowest BCUT2D eigenvalue weighted by molar-refractivity contribution is -0.387. The first-order valence-corrected chi connectivity index (χ1v) is 13.7. The van der Waals surface area contributed by atoms with E-state index in [-0.39, 0.29) is 16.2 Å². The third kappa shape index (κ3) is 2.85. The van der Waals surface area contributed by atoms with Crippen molar-refractivity contribution < 1.29 is 25.0 Å². The highest BCUT2D eigenvalue weighted by molar-refractivity contribution is 5.45. The Morgan fingerprint density at radius 1 is 1.00 bits per heavy atom. The fraction of sp³-hybridized carbons (Fsp3) is 0.862. The quantitative estimate of drug-likeness (QED) is 0.271. The first-order valence-electron chi connectivity index (χ1n) is 13.7. The zero-order valence-corrected chi connectivity index (χ0v) is 22.3. The zero-order chi connectivity index (χ0) is 24.7. The van der Waals surface area contributed by atoms with Crippen LogP contribution in [0.2, 0.25) is 0 Å². The van der Waals surface area contributed by atoms with E-state index >= 15 is 0 Å². The molecule has 3 saturated carbocycles. The summed E-state index contributed by atoms with van der Waals surface area (Å²) in [5.74, 6) is 2.34. The zero-order valence-electron chi connectivity index (χ0n) is 22.3. The average molecular weight is 475 g/mol. The van der Waals surface area contributed by atoms with Crippen LogP contribution in [0.25, 0.3) is 0 Å². The van der Waals surface area contributed by atoms with Crippen molar-refractivity contribution in [1.29, 1.82) is 0 Å². The number of hydrogen-bond donors (Lipinski definition) is 2. The maximum absolute atomic E-state index is 10.5. The van der Waals surface area contributed by atoms with E-state index < -0.39 is 23.4 Å².